The maximum atomic E-state index is 12.3. The number of sulfonamides is 1. The van der Waals surface area contributed by atoms with Crippen molar-refractivity contribution in [1.82, 2.24) is 0 Å². The number of carbonyl (C=O) groups excluding carboxylic acids is 2. The van der Waals surface area contributed by atoms with E-state index < -0.39 is 16.1 Å². The Kier molecular flexibility index (Phi) is 6.22. The molecular formula is C19H22N2O5S. The van der Waals surface area contributed by atoms with Gasteiger partial charge in [-0.1, -0.05) is 12.1 Å². The number of ether oxygens (including phenoxy) is 1. The Morgan fingerprint density at radius 3 is 2.30 bits per heavy atom. The molecular weight excluding hydrogens is 368 g/mol. The van der Waals surface area contributed by atoms with Crippen LogP contribution >= 0.6 is 0 Å². The first-order chi connectivity index (χ1) is 12.6. The lowest BCUT2D eigenvalue weighted by molar-refractivity contribution is -0.122. The summed E-state index contributed by atoms with van der Waals surface area (Å²) < 4.78 is 29.8. The molecule has 144 valence electrons. The van der Waals surface area contributed by atoms with Crippen LogP contribution in [0.3, 0.4) is 0 Å². The third kappa shape index (κ3) is 5.55. The van der Waals surface area contributed by atoms with E-state index >= 15 is 0 Å². The molecule has 0 fully saturated rings. The molecule has 0 radical (unpaired) electrons. The topological polar surface area (TPSA) is 92.8 Å². The van der Waals surface area contributed by atoms with Crippen LogP contribution in [0.2, 0.25) is 0 Å². The summed E-state index contributed by atoms with van der Waals surface area (Å²) in [5.41, 5.74) is 1.50. The van der Waals surface area contributed by atoms with E-state index in [9.17, 15) is 18.0 Å². The van der Waals surface area contributed by atoms with Gasteiger partial charge < -0.3 is 10.1 Å². The van der Waals surface area contributed by atoms with Crippen LogP contribution in [0.15, 0.2) is 48.5 Å². The van der Waals surface area contributed by atoms with Gasteiger partial charge in [0.05, 0.1) is 11.9 Å². The number of amides is 1. The number of carbonyl (C=O) groups is 2. The van der Waals surface area contributed by atoms with Gasteiger partial charge in [0.1, 0.15) is 5.75 Å². The number of ketones is 1. The zero-order valence-corrected chi connectivity index (χ0v) is 16.4. The Morgan fingerprint density at radius 1 is 1.11 bits per heavy atom. The van der Waals surface area contributed by atoms with Crippen molar-refractivity contribution in [3.05, 3.63) is 54.1 Å². The summed E-state index contributed by atoms with van der Waals surface area (Å²) in [6, 6.07) is 13.0. The summed E-state index contributed by atoms with van der Waals surface area (Å²) in [4.78, 5) is 23.7. The first-order valence-corrected chi connectivity index (χ1v) is 10.1. The molecule has 0 saturated carbocycles. The predicted molar refractivity (Wildman–Crippen MR) is 105 cm³/mol. The second-order valence-corrected chi connectivity index (χ2v) is 8.12. The largest absolute Gasteiger partial charge is 0.481 e. The number of nitrogens with one attached hydrogen (secondary N) is 1. The molecule has 0 bridgehead atoms. The molecule has 0 aliphatic heterocycles. The van der Waals surface area contributed by atoms with Crippen molar-refractivity contribution in [2.75, 3.05) is 22.9 Å². The smallest absolute Gasteiger partial charge is 0.265 e. The van der Waals surface area contributed by atoms with Crippen LogP contribution in [0, 0.1) is 0 Å². The van der Waals surface area contributed by atoms with Crippen LogP contribution in [0.4, 0.5) is 11.4 Å². The number of hydrogen-bond donors (Lipinski definition) is 1. The molecule has 0 aliphatic rings. The fourth-order valence-corrected chi connectivity index (χ4v) is 2.75. The fraction of sp³-hybridized carbons (Fsp3) is 0.263. The SMILES string of the molecule is CC(=O)c1cccc(NC(=O)C(C)Oc2ccc(N(C)S(C)(=O)=O)cc2)c1. The molecule has 1 N–H and O–H groups in total. The average Bonchev–Trinajstić information content (AvgIpc) is 2.61. The molecule has 0 aliphatic carbocycles. The lowest BCUT2D eigenvalue weighted by Gasteiger charge is -2.18. The van der Waals surface area contributed by atoms with Gasteiger partial charge >= 0.3 is 0 Å². The van der Waals surface area contributed by atoms with E-state index in [-0.39, 0.29) is 11.7 Å². The van der Waals surface area contributed by atoms with Crippen molar-refractivity contribution >= 4 is 33.1 Å². The third-order valence-corrected chi connectivity index (χ3v) is 5.12. The van der Waals surface area contributed by atoms with Gasteiger partial charge in [0.25, 0.3) is 5.91 Å². The minimum absolute atomic E-state index is 0.0884. The van der Waals surface area contributed by atoms with Crippen LogP contribution in [-0.4, -0.2) is 39.5 Å². The van der Waals surface area contributed by atoms with Crippen LogP contribution in [0.1, 0.15) is 24.2 Å². The van der Waals surface area contributed by atoms with Crippen molar-refractivity contribution in [3.63, 3.8) is 0 Å². The molecule has 2 aromatic carbocycles. The second-order valence-electron chi connectivity index (χ2n) is 6.11. The predicted octanol–water partition coefficient (Wildman–Crippen LogP) is 2.69. The highest BCUT2D eigenvalue weighted by molar-refractivity contribution is 7.92. The number of anilines is 2. The first-order valence-electron chi connectivity index (χ1n) is 8.20. The van der Waals surface area contributed by atoms with Crippen molar-refractivity contribution in [2.45, 2.75) is 20.0 Å². The standard InChI is InChI=1S/C19H22N2O5S/c1-13(22)15-6-5-7-16(12-15)20-19(23)14(2)26-18-10-8-17(9-11-18)21(3)27(4,24)25/h5-12,14H,1-4H3,(H,20,23). The van der Waals surface area contributed by atoms with E-state index in [0.717, 1.165) is 10.6 Å². The van der Waals surface area contributed by atoms with Gasteiger partial charge in [-0.3, -0.25) is 13.9 Å². The molecule has 0 aromatic heterocycles. The van der Waals surface area contributed by atoms with Crippen molar-refractivity contribution in [3.8, 4) is 5.75 Å². The van der Waals surface area contributed by atoms with Gasteiger partial charge in [-0.25, -0.2) is 8.42 Å². The molecule has 0 saturated heterocycles. The van der Waals surface area contributed by atoms with E-state index in [2.05, 4.69) is 5.32 Å². The van der Waals surface area contributed by atoms with Gasteiger partial charge in [-0.2, -0.15) is 0 Å². The van der Waals surface area contributed by atoms with E-state index in [1.807, 2.05) is 0 Å². The highest BCUT2D eigenvalue weighted by Gasteiger charge is 2.16. The maximum Gasteiger partial charge on any atom is 0.265 e. The van der Waals surface area contributed by atoms with E-state index in [1.165, 1.54) is 14.0 Å². The second kappa shape index (κ2) is 8.22. The molecule has 27 heavy (non-hydrogen) atoms. The molecule has 0 heterocycles. The summed E-state index contributed by atoms with van der Waals surface area (Å²) in [6.45, 7) is 3.05. The van der Waals surface area contributed by atoms with Crippen molar-refractivity contribution < 1.29 is 22.7 Å². The van der Waals surface area contributed by atoms with Crippen molar-refractivity contribution in [1.29, 1.82) is 0 Å². The van der Waals surface area contributed by atoms with Crippen LogP contribution in [0.25, 0.3) is 0 Å². The summed E-state index contributed by atoms with van der Waals surface area (Å²) in [6.07, 6.45) is 0.328. The minimum Gasteiger partial charge on any atom is -0.481 e. The Bertz CT molecular complexity index is 939. The molecule has 2 aromatic rings. The summed E-state index contributed by atoms with van der Waals surface area (Å²) in [5, 5.41) is 2.70. The highest BCUT2D eigenvalue weighted by atomic mass is 32.2. The zero-order chi connectivity index (χ0) is 20.2. The number of rotatable bonds is 7. The van der Waals surface area contributed by atoms with Gasteiger partial charge in [-0.05, 0) is 50.2 Å². The Balaban J connectivity index is 2.02. The normalized spacial score (nSPS) is 12.1. The molecule has 2 rings (SSSR count). The fourth-order valence-electron chi connectivity index (χ4n) is 2.24. The van der Waals surface area contributed by atoms with Crippen LogP contribution < -0.4 is 14.4 Å². The molecule has 8 heteroatoms. The van der Waals surface area contributed by atoms with Gasteiger partial charge in [0, 0.05) is 18.3 Å². The number of nitrogens with zero attached hydrogens (tertiary/aromatic N) is 1. The van der Waals surface area contributed by atoms with E-state index in [1.54, 1.807) is 55.5 Å². The van der Waals surface area contributed by atoms with E-state index in [4.69, 9.17) is 4.74 Å². The van der Waals surface area contributed by atoms with Gasteiger partial charge in [0.15, 0.2) is 11.9 Å². The average molecular weight is 390 g/mol. The Hall–Kier alpha value is -2.87. The number of Topliss-reactive ketones (excluding diaryl/α,β-unsaturated/α-hetero) is 1. The monoisotopic (exact) mass is 390 g/mol. The quantitative estimate of drug-likeness (QED) is 0.734. The van der Waals surface area contributed by atoms with Crippen LogP contribution in [0.5, 0.6) is 5.75 Å². The molecule has 1 amide bonds. The van der Waals surface area contributed by atoms with E-state index in [0.29, 0.717) is 22.7 Å². The highest BCUT2D eigenvalue weighted by Crippen LogP contribution is 2.21. The maximum absolute atomic E-state index is 12.3. The lowest BCUT2D eigenvalue weighted by atomic mass is 10.1. The summed E-state index contributed by atoms with van der Waals surface area (Å²) in [7, 11) is -1.89. The van der Waals surface area contributed by atoms with Gasteiger partial charge in [-0.15, -0.1) is 0 Å². The van der Waals surface area contributed by atoms with Gasteiger partial charge in [0.2, 0.25) is 10.0 Å². The Labute approximate surface area is 159 Å². The number of hydrogen-bond acceptors (Lipinski definition) is 5. The zero-order valence-electron chi connectivity index (χ0n) is 15.6. The van der Waals surface area contributed by atoms with Crippen molar-refractivity contribution in [2.24, 2.45) is 0 Å². The molecule has 0 spiro atoms. The lowest BCUT2D eigenvalue weighted by Crippen LogP contribution is -2.30. The summed E-state index contributed by atoms with van der Waals surface area (Å²) in [5.74, 6) is -0.0247. The molecule has 1 atom stereocenters. The minimum atomic E-state index is -3.35. The summed E-state index contributed by atoms with van der Waals surface area (Å²) >= 11 is 0. The molecule has 7 nitrogen and oxygen atoms in total. The first kappa shape index (κ1) is 20.4. The Morgan fingerprint density at radius 2 is 1.74 bits per heavy atom. The molecule has 1 unspecified atom stereocenters. The van der Waals surface area contributed by atoms with Crippen LogP contribution in [-0.2, 0) is 14.8 Å². The number of benzene rings is 2. The third-order valence-electron chi connectivity index (χ3n) is 3.92.